The molecule has 0 aliphatic carbocycles. The number of sulfonamides is 1. The molecule has 0 saturated heterocycles. The smallest absolute Gasteiger partial charge is 0.207 e. The van der Waals surface area contributed by atoms with Crippen LogP contribution in [0.4, 0.5) is 8.78 Å². The number of rotatable bonds is 4. The highest BCUT2D eigenvalue weighted by Crippen LogP contribution is 2.30. The fraction of sp³-hybridized carbons (Fsp3) is 0.143. The first-order valence-electron chi connectivity index (χ1n) is 6.13. The molecule has 0 radical (unpaired) electrons. The predicted molar refractivity (Wildman–Crippen MR) is 81.6 cm³/mol. The Morgan fingerprint density at radius 2 is 1.68 bits per heavy atom. The van der Waals surface area contributed by atoms with Gasteiger partial charge in [-0.3, -0.25) is 0 Å². The van der Waals surface area contributed by atoms with E-state index in [-0.39, 0.29) is 20.5 Å². The highest BCUT2D eigenvalue weighted by molar-refractivity contribution is 7.89. The maximum absolute atomic E-state index is 13.7. The fourth-order valence-electron chi connectivity index (χ4n) is 1.95. The van der Waals surface area contributed by atoms with Gasteiger partial charge in [0.25, 0.3) is 0 Å². The van der Waals surface area contributed by atoms with Crippen LogP contribution in [0.15, 0.2) is 41.3 Å². The number of hydrogen-bond acceptors (Lipinski definition) is 2. The first-order valence-corrected chi connectivity index (χ1v) is 8.37. The lowest BCUT2D eigenvalue weighted by Gasteiger charge is -2.16. The van der Waals surface area contributed by atoms with Crippen molar-refractivity contribution in [2.45, 2.75) is 17.9 Å². The van der Waals surface area contributed by atoms with Crippen molar-refractivity contribution in [3.05, 3.63) is 63.6 Å². The summed E-state index contributed by atoms with van der Waals surface area (Å²) < 4.78 is 53.6. The van der Waals surface area contributed by atoms with E-state index in [0.717, 1.165) is 6.07 Å². The molecular formula is C14H11Cl2F2NO2S. The molecule has 0 fully saturated rings. The van der Waals surface area contributed by atoms with Crippen LogP contribution < -0.4 is 4.72 Å². The summed E-state index contributed by atoms with van der Waals surface area (Å²) in [4.78, 5) is -0.285. The minimum absolute atomic E-state index is 0.00755. The number of nitrogens with one attached hydrogen (secondary N) is 1. The number of hydrogen-bond donors (Lipinski definition) is 1. The Morgan fingerprint density at radius 1 is 1.09 bits per heavy atom. The van der Waals surface area contributed by atoms with Crippen molar-refractivity contribution in [3.8, 4) is 0 Å². The van der Waals surface area contributed by atoms with E-state index in [1.165, 1.54) is 31.2 Å². The van der Waals surface area contributed by atoms with E-state index < -0.39 is 27.7 Å². The van der Waals surface area contributed by atoms with Gasteiger partial charge in [-0.25, -0.2) is 21.9 Å². The van der Waals surface area contributed by atoms with Gasteiger partial charge in [0.1, 0.15) is 16.5 Å². The first-order chi connectivity index (χ1) is 10.2. The molecule has 0 bridgehead atoms. The summed E-state index contributed by atoms with van der Waals surface area (Å²) in [7, 11) is -4.07. The Morgan fingerprint density at radius 3 is 2.23 bits per heavy atom. The van der Waals surface area contributed by atoms with Gasteiger partial charge in [-0.15, -0.1) is 0 Å². The lowest BCUT2D eigenvalue weighted by molar-refractivity contribution is 0.540. The van der Waals surface area contributed by atoms with Crippen molar-refractivity contribution in [1.82, 2.24) is 4.72 Å². The Kier molecular flexibility index (Phi) is 5.07. The molecule has 0 amide bonds. The second-order valence-corrected chi connectivity index (χ2v) is 7.02. The van der Waals surface area contributed by atoms with Crippen molar-refractivity contribution in [2.75, 3.05) is 0 Å². The molecule has 118 valence electrons. The highest BCUT2D eigenvalue weighted by atomic mass is 35.5. The average Bonchev–Trinajstić information content (AvgIpc) is 2.36. The van der Waals surface area contributed by atoms with Gasteiger partial charge in [0.2, 0.25) is 10.0 Å². The van der Waals surface area contributed by atoms with Crippen molar-refractivity contribution in [3.63, 3.8) is 0 Å². The van der Waals surface area contributed by atoms with E-state index in [0.29, 0.717) is 6.07 Å². The van der Waals surface area contributed by atoms with Crippen molar-refractivity contribution < 1.29 is 17.2 Å². The number of halogens is 4. The molecule has 0 heterocycles. The van der Waals surface area contributed by atoms with Gasteiger partial charge in [0.15, 0.2) is 0 Å². The van der Waals surface area contributed by atoms with Gasteiger partial charge in [0.05, 0.1) is 10.0 Å². The van der Waals surface area contributed by atoms with Gasteiger partial charge >= 0.3 is 0 Å². The molecule has 1 atom stereocenters. The van der Waals surface area contributed by atoms with Crippen LogP contribution in [0.5, 0.6) is 0 Å². The summed E-state index contributed by atoms with van der Waals surface area (Å²) in [5.41, 5.74) is 0.00755. The van der Waals surface area contributed by atoms with Gasteiger partial charge in [0, 0.05) is 17.7 Å². The molecule has 2 aromatic rings. The second kappa shape index (κ2) is 6.50. The van der Waals surface area contributed by atoms with Gasteiger partial charge in [-0.05, 0) is 25.1 Å². The average molecular weight is 366 g/mol. The van der Waals surface area contributed by atoms with Crippen LogP contribution in [0.3, 0.4) is 0 Å². The van der Waals surface area contributed by atoms with Crippen molar-refractivity contribution in [1.29, 1.82) is 0 Å². The topological polar surface area (TPSA) is 46.2 Å². The predicted octanol–water partition coefficient (Wildman–Crippen LogP) is 4.31. The highest BCUT2D eigenvalue weighted by Gasteiger charge is 2.25. The largest absolute Gasteiger partial charge is 0.244 e. The normalized spacial score (nSPS) is 13.1. The van der Waals surface area contributed by atoms with Gasteiger partial charge in [-0.1, -0.05) is 35.3 Å². The molecule has 2 rings (SSSR count). The molecule has 0 unspecified atom stereocenters. The quantitative estimate of drug-likeness (QED) is 0.877. The molecule has 0 aliphatic rings. The van der Waals surface area contributed by atoms with Crippen LogP contribution >= 0.6 is 23.2 Å². The molecule has 0 spiro atoms. The van der Waals surface area contributed by atoms with E-state index in [9.17, 15) is 17.2 Å². The molecule has 3 nitrogen and oxygen atoms in total. The third-order valence-electron chi connectivity index (χ3n) is 2.95. The maximum atomic E-state index is 13.7. The molecule has 1 N–H and O–H groups in total. The standard InChI is InChI=1S/C14H11Cl2F2NO2S/c1-8(10-6-5-9(17)7-13(10)18)19-22(20,21)14-11(15)3-2-4-12(14)16/h2-8,19H,1H3/t8-/m0/s1. The molecule has 2 aromatic carbocycles. The maximum Gasteiger partial charge on any atom is 0.244 e. The summed E-state index contributed by atoms with van der Waals surface area (Å²) in [5, 5.41) is -0.0986. The second-order valence-electron chi connectivity index (χ2n) is 4.56. The van der Waals surface area contributed by atoms with Crippen LogP contribution in [0.25, 0.3) is 0 Å². The number of benzene rings is 2. The zero-order valence-electron chi connectivity index (χ0n) is 11.3. The van der Waals surface area contributed by atoms with Gasteiger partial charge in [-0.2, -0.15) is 0 Å². The molecule has 22 heavy (non-hydrogen) atoms. The monoisotopic (exact) mass is 365 g/mol. The van der Waals surface area contributed by atoms with E-state index >= 15 is 0 Å². The Balaban J connectivity index is 2.36. The summed E-state index contributed by atoms with van der Waals surface area (Å²) in [5.74, 6) is -1.59. The first kappa shape index (κ1) is 17.1. The van der Waals surface area contributed by atoms with E-state index in [4.69, 9.17) is 23.2 Å². The van der Waals surface area contributed by atoms with Crippen LogP contribution in [-0.4, -0.2) is 8.42 Å². The summed E-state index contributed by atoms with van der Waals surface area (Å²) in [6.07, 6.45) is 0. The van der Waals surface area contributed by atoms with Crippen LogP contribution in [-0.2, 0) is 10.0 Å². The minimum Gasteiger partial charge on any atom is -0.207 e. The molecule has 0 aliphatic heterocycles. The summed E-state index contributed by atoms with van der Waals surface area (Å²) >= 11 is 11.7. The zero-order chi connectivity index (χ0) is 16.5. The minimum atomic E-state index is -4.07. The lowest BCUT2D eigenvalue weighted by Crippen LogP contribution is -2.28. The Hall–Kier alpha value is -1.21. The summed E-state index contributed by atoms with van der Waals surface area (Å²) in [6.45, 7) is 1.43. The van der Waals surface area contributed by atoms with Crippen LogP contribution in [0.1, 0.15) is 18.5 Å². The Bertz CT molecular complexity index is 792. The zero-order valence-corrected chi connectivity index (χ0v) is 13.6. The summed E-state index contributed by atoms with van der Waals surface area (Å²) in [6, 6.07) is 6.24. The molecule has 0 aromatic heterocycles. The van der Waals surface area contributed by atoms with E-state index in [1.54, 1.807) is 0 Å². The van der Waals surface area contributed by atoms with E-state index in [1.807, 2.05) is 0 Å². The van der Waals surface area contributed by atoms with Gasteiger partial charge < -0.3 is 0 Å². The van der Waals surface area contributed by atoms with Crippen molar-refractivity contribution in [2.24, 2.45) is 0 Å². The van der Waals surface area contributed by atoms with E-state index in [2.05, 4.69) is 4.72 Å². The van der Waals surface area contributed by atoms with Crippen molar-refractivity contribution >= 4 is 33.2 Å². The third kappa shape index (κ3) is 3.57. The Labute approximate surface area is 136 Å². The van der Waals surface area contributed by atoms with Crippen LogP contribution in [0.2, 0.25) is 10.0 Å². The molecule has 8 heteroatoms. The lowest BCUT2D eigenvalue weighted by atomic mass is 10.1. The third-order valence-corrected chi connectivity index (χ3v) is 5.44. The fourth-order valence-corrected chi connectivity index (χ4v) is 4.31. The van der Waals surface area contributed by atoms with Crippen LogP contribution in [0, 0.1) is 11.6 Å². The molecule has 0 saturated carbocycles. The molecular weight excluding hydrogens is 355 g/mol. The SMILES string of the molecule is C[C@H](NS(=O)(=O)c1c(Cl)cccc1Cl)c1ccc(F)cc1F.